The maximum Gasteiger partial charge on any atom is 0.163 e. The molecule has 0 aromatic heterocycles. The van der Waals surface area contributed by atoms with Crippen molar-refractivity contribution in [2.45, 2.75) is 39.5 Å². The Morgan fingerprint density at radius 3 is 2.29 bits per heavy atom. The quantitative estimate of drug-likeness (QED) is 0.541. The van der Waals surface area contributed by atoms with Crippen molar-refractivity contribution >= 4 is 47.8 Å². The summed E-state index contributed by atoms with van der Waals surface area (Å²) in [6.07, 6.45) is 4.97. The Hall–Kier alpha value is 1.36. The van der Waals surface area contributed by atoms with Gasteiger partial charge in [0.05, 0.1) is 13.2 Å². The average molecular weight is 393 g/mol. The lowest BCUT2D eigenvalue weighted by molar-refractivity contribution is -0.0365. The Balaban J connectivity index is 1.97. The van der Waals surface area contributed by atoms with Crippen LogP contribution in [0.25, 0.3) is 0 Å². The first-order chi connectivity index (χ1) is 6.54. The molecule has 1 aliphatic heterocycles. The van der Waals surface area contributed by atoms with Crippen LogP contribution < -0.4 is 0 Å². The SMILES string of the molecule is BrC(Br)(Br)C1(OCC2CO2)CCCC1. The van der Waals surface area contributed by atoms with Crippen LogP contribution in [-0.2, 0) is 9.47 Å². The number of epoxide rings is 1. The van der Waals surface area contributed by atoms with Gasteiger partial charge >= 0.3 is 0 Å². The van der Waals surface area contributed by atoms with Crippen molar-refractivity contribution in [3.05, 3.63) is 0 Å². The minimum absolute atomic E-state index is 0.126. The molecule has 1 unspecified atom stereocenters. The van der Waals surface area contributed by atoms with Crippen LogP contribution in [0.3, 0.4) is 0 Å². The van der Waals surface area contributed by atoms with Crippen molar-refractivity contribution in [2.75, 3.05) is 13.2 Å². The van der Waals surface area contributed by atoms with Gasteiger partial charge in [0.1, 0.15) is 11.7 Å². The second-order valence-corrected chi connectivity index (χ2v) is 10.7. The van der Waals surface area contributed by atoms with E-state index in [4.69, 9.17) is 9.47 Å². The molecule has 0 bridgehead atoms. The molecule has 1 aliphatic carbocycles. The van der Waals surface area contributed by atoms with Crippen LogP contribution in [-0.4, -0.2) is 27.1 Å². The van der Waals surface area contributed by atoms with Crippen LogP contribution >= 0.6 is 47.8 Å². The smallest absolute Gasteiger partial charge is 0.163 e. The van der Waals surface area contributed by atoms with Crippen molar-refractivity contribution in [1.82, 2.24) is 0 Å². The van der Waals surface area contributed by atoms with E-state index < -0.39 is 0 Å². The molecule has 1 saturated heterocycles. The summed E-state index contributed by atoms with van der Waals surface area (Å²) in [5, 5.41) is 0. The topological polar surface area (TPSA) is 21.8 Å². The van der Waals surface area contributed by atoms with Gasteiger partial charge < -0.3 is 9.47 Å². The minimum atomic E-state index is -0.300. The van der Waals surface area contributed by atoms with Gasteiger partial charge in [0.25, 0.3) is 0 Å². The molecule has 0 radical (unpaired) electrons. The molecule has 0 aromatic rings. The van der Waals surface area contributed by atoms with Crippen LogP contribution in [0.15, 0.2) is 0 Å². The fraction of sp³-hybridized carbons (Fsp3) is 1.00. The highest BCUT2D eigenvalue weighted by Crippen LogP contribution is 2.53. The zero-order valence-corrected chi connectivity index (χ0v) is 12.5. The van der Waals surface area contributed by atoms with Crippen molar-refractivity contribution in [3.63, 3.8) is 0 Å². The molecule has 14 heavy (non-hydrogen) atoms. The van der Waals surface area contributed by atoms with E-state index in [1.165, 1.54) is 12.8 Å². The summed E-state index contributed by atoms with van der Waals surface area (Å²) in [7, 11) is 0. The van der Waals surface area contributed by atoms with Gasteiger partial charge in [0, 0.05) is 0 Å². The van der Waals surface area contributed by atoms with E-state index in [2.05, 4.69) is 47.8 Å². The lowest BCUT2D eigenvalue weighted by Gasteiger charge is -2.37. The molecule has 2 fully saturated rings. The highest BCUT2D eigenvalue weighted by atomic mass is 80.0. The second kappa shape index (κ2) is 4.32. The van der Waals surface area contributed by atoms with E-state index in [1.807, 2.05) is 0 Å². The van der Waals surface area contributed by atoms with Gasteiger partial charge in [-0.05, 0) is 12.8 Å². The summed E-state index contributed by atoms with van der Waals surface area (Å²) in [6, 6.07) is 0. The first-order valence-electron chi connectivity index (χ1n) is 4.86. The molecule has 0 spiro atoms. The molecule has 0 N–H and O–H groups in total. The van der Waals surface area contributed by atoms with E-state index in [1.54, 1.807) is 0 Å². The van der Waals surface area contributed by atoms with Crippen LogP contribution in [0.2, 0.25) is 0 Å². The lowest BCUT2D eigenvalue weighted by Crippen LogP contribution is -2.42. The summed E-state index contributed by atoms with van der Waals surface area (Å²) in [4.78, 5) is 0. The molecule has 2 nitrogen and oxygen atoms in total. The number of hydrogen-bond donors (Lipinski definition) is 0. The fourth-order valence-electron chi connectivity index (χ4n) is 1.87. The summed E-state index contributed by atoms with van der Waals surface area (Å²) in [6.45, 7) is 1.57. The van der Waals surface area contributed by atoms with Crippen LogP contribution in [0.1, 0.15) is 25.7 Å². The van der Waals surface area contributed by atoms with Gasteiger partial charge in [-0.25, -0.2) is 0 Å². The molecule has 0 amide bonds. The lowest BCUT2D eigenvalue weighted by atomic mass is 10.1. The van der Waals surface area contributed by atoms with Crippen molar-refractivity contribution in [2.24, 2.45) is 0 Å². The first-order valence-corrected chi connectivity index (χ1v) is 7.24. The molecule has 1 heterocycles. The van der Waals surface area contributed by atoms with Crippen molar-refractivity contribution in [1.29, 1.82) is 0 Å². The summed E-state index contributed by atoms with van der Waals surface area (Å²) in [5.41, 5.74) is -0.126. The molecule has 2 aliphatic rings. The molecule has 2 rings (SSSR count). The van der Waals surface area contributed by atoms with E-state index in [0.717, 1.165) is 19.4 Å². The van der Waals surface area contributed by atoms with Crippen LogP contribution in [0.4, 0.5) is 0 Å². The molecule has 5 heteroatoms. The third-order valence-electron chi connectivity index (χ3n) is 2.88. The van der Waals surface area contributed by atoms with Gasteiger partial charge in [-0.15, -0.1) is 0 Å². The third-order valence-corrected chi connectivity index (χ3v) is 5.04. The molecule has 1 saturated carbocycles. The van der Waals surface area contributed by atoms with Gasteiger partial charge in [0.15, 0.2) is 2.14 Å². The number of ether oxygens (including phenoxy) is 2. The first kappa shape index (κ1) is 11.8. The Bertz CT molecular complexity index is 205. The molecular formula is C9H13Br3O2. The Labute approximate surface area is 109 Å². The molecule has 82 valence electrons. The predicted octanol–water partition coefficient (Wildman–Crippen LogP) is 3.55. The van der Waals surface area contributed by atoms with Crippen LogP contribution in [0, 0.1) is 0 Å². The predicted molar refractivity (Wildman–Crippen MR) is 66.4 cm³/mol. The number of halogens is 3. The number of rotatable bonds is 3. The van der Waals surface area contributed by atoms with Gasteiger partial charge in [-0.1, -0.05) is 60.6 Å². The number of hydrogen-bond acceptors (Lipinski definition) is 2. The largest absolute Gasteiger partial charge is 0.371 e. The third kappa shape index (κ3) is 2.54. The maximum absolute atomic E-state index is 6.01. The highest BCUT2D eigenvalue weighted by molar-refractivity contribution is 9.39. The van der Waals surface area contributed by atoms with Gasteiger partial charge in [-0.3, -0.25) is 0 Å². The highest BCUT2D eigenvalue weighted by Gasteiger charge is 2.50. The van der Waals surface area contributed by atoms with Crippen molar-refractivity contribution < 1.29 is 9.47 Å². The fourth-order valence-corrected chi connectivity index (χ4v) is 3.41. The zero-order valence-electron chi connectivity index (χ0n) is 7.77. The zero-order chi connectivity index (χ0) is 10.2. The summed E-state index contributed by atoms with van der Waals surface area (Å²) in [5.74, 6) is 0. The summed E-state index contributed by atoms with van der Waals surface area (Å²) < 4.78 is 10.9. The van der Waals surface area contributed by atoms with E-state index >= 15 is 0 Å². The minimum Gasteiger partial charge on any atom is -0.371 e. The normalized spacial score (nSPS) is 30.6. The summed E-state index contributed by atoms with van der Waals surface area (Å²) >= 11 is 10.8. The second-order valence-electron chi connectivity index (χ2n) is 3.97. The maximum atomic E-state index is 6.01. The molecular weight excluding hydrogens is 380 g/mol. The number of alkyl halides is 3. The Kier molecular flexibility index (Phi) is 3.65. The average Bonchev–Trinajstić information content (AvgIpc) is 2.78. The Morgan fingerprint density at radius 1 is 1.29 bits per heavy atom. The van der Waals surface area contributed by atoms with E-state index in [-0.39, 0.29) is 7.74 Å². The van der Waals surface area contributed by atoms with Gasteiger partial charge in [0.2, 0.25) is 0 Å². The molecule has 0 aromatic carbocycles. The monoisotopic (exact) mass is 390 g/mol. The van der Waals surface area contributed by atoms with Crippen LogP contribution in [0.5, 0.6) is 0 Å². The van der Waals surface area contributed by atoms with E-state index in [9.17, 15) is 0 Å². The standard InChI is InChI=1S/C9H13Br3O2/c10-9(11,12)8(3-1-2-4-8)14-6-7-5-13-7/h7H,1-6H2. The van der Waals surface area contributed by atoms with Gasteiger partial charge in [-0.2, -0.15) is 0 Å². The Morgan fingerprint density at radius 2 is 1.86 bits per heavy atom. The van der Waals surface area contributed by atoms with Crippen molar-refractivity contribution in [3.8, 4) is 0 Å². The van der Waals surface area contributed by atoms with E-state index in [0.29, 0.717) is 12.7 Å². The molecule has 1 atom stereocenters.